The molecule has 0 atom stereocenters. The summed E-state index contributed by atoms with van der Waals surface area (Å²) >= 11 is 19.3. The summed E-state index contributed by atoms with van der Waals surface area (Å²) in [5.41, 5.74) is 0. The third-order valence-corrected chi connectivity index (χ3v) is 0. The Labute approximate surface area is 98.2 Å². The molecule has 6 heteroatoms. The third kappa shape index (κ3) is 53.4. The van der Waals surface area contributed by atoms with Crippen molar-refractivity contribution in [3.8, 4) is 0 Å². The Hall–Kier alpha value is 2.71. The molecular weight excluding hydrogens is 229 g/mol. The molecule has 7 heavy (non-hydrogen) atoms. The zero-order chi connectivity index (χ0) is 4.50. The predicted molar refractivity (Wildman–Crippen MR) is 41.9 cm³/mol. The summed E-state index contributed by atoms with van der Waals surface area (Å²) in [5.74, 6) is 0. The van der Waals surface area contributed by atoms with Crippen molar-refractivity contribution >= 4 is 96.5 Å². The normalized spacial score (nSPS) is 8.57. The van der Waals surface area contributed by atoms with E-state index in [1.54, 1.807) is 0 Å². The van der Waals surface area contributed by atoms with E-state index in [0.717, 1.165) is 0 Å². The average Bonchev–Trinajstić information content (AvgIpc) is 0.722. The molecule has 0 saturated carbocycles. The molecule has 0 aromatic heterocycles. The Bertz CT molecular complexity index is 23.6. The van der Waals surface area contributed by atoms with E-state index in [1.165, 1.54) is 0 Å². The zero-order valence-electron chi connectivity index (χ0n) is 2.42. The van der Waals surface area contributed by atoms with Gasteiger partial charge in [0, 0.05) is 0 Å². The van der Waals surface area contributed by atoms with Gasteiger partial charge in [0.05, 0.1) is 0 Å². The Morgan fingerprint density at radius 1 is 0.857 bits per heavy atom. The van der Waals surface area contributed by atoms with Crippen molar-refractivity contribution in [2.45, 2.75) is 3.25 Å². The van der Waals surface area contributed by atoms with Gasteiger partial charge in [0.15, 0.2) is 0 Å². The average molecular weight is 232 g/mol. The molecule has 0 unspecified atom stereocenters. The van der Waals surface area contributed by atoms with Crippen molar-refractivity contribution in [2.75, 3.05) is 0 Å². The standard InChI is InChI=1S/CCl4.Ca.ClH.2H/c2-1(3,4)5;;;;/h;;1H;;. The summed E-state index contributed by atoms with van der Waals surface area (Å²) in [5, 5.41) is 0. The summed E-state index contributed by atoms with van der Waals surface area (Å²) in [7, 11) is 0. The van der Waals surface area contributed by atoms with Gasteiger partial charge in [-0.05, 0) is 0 Å². The number of hydrogen-bond donors (Lipinski definition) is 0. The van der Waals surface area contributed by atoms with E-state index in [-0.39, 0.29) is 50.1 Å². The topological polar surface area (TPSA) is 0 Å². The fraction of sp³-hybridized carbons (Fsp3) is 1.00. The van der Waals surface area contributed by atoms with E-state index < -0.39 is 3.25 Å². The SMILES string of the molecule is Cl.ClC(Cl)(Cl)Cl.[CaH2]. The van der Waals surface area contributed by atoms with Gasteiger partial charge >= 0.3 is 37.7 Å². The Balaban J connectivity index is -0.0000000800. The minimum absolute atomic E-state index is 0. The van der Waals surface area contributed by atoms with E-state index in [9.17, 15) is 0 Å². The van der Waals surface area contributed by atoms with Crippen LogP contribution < -0.4 is 0 Å². The van der Waals surface area contributed by atoms with Crippen molar-refractivity contribution in [3.05, 3.63) is 0 Å². The molecule has 0 aliphatic heterocycles. The number of alkyl halides is 4. The molecule has 0 saturated heterocycles. The van der Waals surface area contributed by atoms with Crippen LogP contribution in [0.3, 0.4) is 0 Å². The molecule has 0 heterocycles. The maximum absolute atomic E-state index is 4.83. The molecule has 0 aliphatic rings. The van der Waals surface area contributed by atoms with E-state index in [0.29, 0.717) is 0 Å². The molecule has 0 aromatic rings. The third-order valence-electron chi connectivity index (χ3n) is 0. The zero-order valence-corrected chi connectivity index (χ0v) is 6.26. The van der Waals surface area contributed by atoms with Crippen LogP contribution in [0.2, 0.25) is 0 Å². The molecule has 0 aromatic carbocycles. The molecule has 0 spiro atoms. The van der Waals surface area contributed by atoms with Crippen LogP contribution in [-0.4, -0.2) is 41.0 Å². The van der Waals surface area contributed by atoms with Crippen LogP contribution in [0.4, 0.5) is 0 Å². The van der Waals surface area contributed by atoms with E-state index in [1.807, 2.05) is 0 Å². The second-order valence-corrected chi connectivity index (χ2v) is 3.86. The molecule has 0 radical (unpaired) electrons. The van der Waals surface area contributed by atoms with Crippen LogP contribution in [0.15, 0.2) is 0 Å². The molecule has 0 nitrogen and oxygen atoms in total. The van der Waals surface area contributed by atoms with E-state index in [4.69, 9.17) is 46.4 Å². The second kappa shape index (κ2) is 6.82. The van der Waals surface area contributed by atoms with Gasteiger partial charge in [0.1, 0.15) is 0 Å². The van der Waals surface area contributed by atoms with Gasteiger partial charge in [-0.15, -0.1) is 12.4 Å². The molecule has 0 fully saturated rings. The molecule has 0 amide bonds. The van der Waals surface area contributed by atoms with Crippen molar-refractivity contribution in [1.29, 1.82) is 0 Å². The van der Waals surface area contributed by atoms with Crippen LogP contribution in [-0.2, 0) is 0 Å². The van der Waals surface area contributed by atoms with Crippen LogP contribution in [0, 0.1) is 0 Å². The number of rotatable bonds is 0. The van der Waals surface area contributed by atoms with Gasteiger partial charge in [-0.2, -0.15) is 0 Å². The molecule has 0 rings (SSSR count). The maximum atomic E-state index is 4.83. The fourth-order valence-corrected chi connectivity index (χ4v) is 0. The summed E-state index contributed by atoms with van der Waals surface area (Å²) in [6, 6.07) is 0. The summed E-state index contributed by atoms with van der Waals surface area (Å²) < 4.78 is -1.61. The van der Waals surface area contributed by atoms with Crippen LogP contribution in [0.5, 0.6) is 0 Å². The second-order valence-electron chi connectivity index (χ2n) is 0.429. The van der Waals surface area contributed by atoms with Gasteiger partial charge < -0.3 is 0 Å². The van der Waals surface area contributed by atoms with Crippen molar-refractivity contribution in [3.63, 3.8) is 0 Å². The van der Waals surface area contributed by atoms with E-state index in [2.05, 4.69) is 0 Å². The van der Waals surface area contributed by atoms with Crippen molar-refractivity contribution < 1.29 is 0 Å². The van der Waals surface area contributed by atoms with Gasteiger partial charge in [0.25, 0.3) is 3.25 Å². The fourth-order valence-electron chi connectivity index (χ4n) is 0. The first kappa shape index (κ1) is 16.4. The Morgan fingerprint density at radius 3 is 0.857 bits per heavy atom. The van der Waals surface area contributed by atoms with Crippen molar-refractivity contribution in [1.82, 2.24) is 0 Å². The molecule has 0 N–H and O–H groups in total. The van der Waals surface area contributed by atoms with Crippen LogP contribution in [0.25, 0.3) is 0 Å². The summed E-state index contributed by atoms with van der Waals surface area (Å²) in [4.78, 5) is 0. The first-order chi connectivity index (χ1) is 2.00. The van der Waals surface area contributed by atoms with Gasteiger partial charge in [0.2, 0.25) is 0 Å². The molecule has 0 bridgehead atoms. The first-order valence-electron chi connectivity index (χ1n) is 0.756. The molecule has 0 aliphatic carbocycles. The van der Waals surface area contributed by atoms with Crippen molar-refractivity contribution in [2.24, 2.45) is 0 Å². The Morgan fingerprint density at radius 2 is 0.857 bits per heavy atom. The first-order valence-corrected chi connectivity index (χ1v) is 2.27. The summed E-state index contributed by atoms with van der Waals surface area (Å²) in [6.07, 6.45) is 0. The van der Waals surface area contributed by atoms with Gasteiger partial charge in [-0.25, -0.2) is 0 Å². The summed E-state index contributed by atoms with van der Waals surface area (Å²) in [6.45, 7) is 0. The van der Waals surface area contributed by atoms with Gasteiger partial charge in [-0.1, -0.05) is 46.4 Å². The monoisotopic (exact) mass is 230 g/mol. The minimum atomic E-state index is -1.61. The van der Waals surface area contributed by atoms with Crippen LogP contribution in [0.1, 0.15) is 0 Å². The van der Waals surface area contributed by atoms with Gasteiger partial charge in [-0.3, -0.25) is 0 Å². The van der Waals surface area contributed by atoms with Crippen LogP contribution >= 0.6 is 58.8 Å². The van der Waals surface area contributed by atoms with E-state index >= 15 is 0 Å². The predicted octanol–water partition coefficient (Wildman–Crippen LogP) is 2.06. The molecular formula is CH3CaCl5. The number of hydrogen-bond acceptors (Lipinski definition) is 0. The molecule has 44 valence electrons. The quantitative estimate of drug-likeness (QED) is 0.443. The Kier molecular flexibility index (Phi) is 16.0. The number of halogens is 5.